The molecular weight excluding hydrogens is 416 g/mol. The molecule has 2 aromatic rings. The fraction of sp³-hybridized carbons (Fsp3) is 0.556. The Morgan fingerprint density at radius 3 is 2.76 bits per heavy atom. The van der Waals surface area contributed by atoms with Crippen LogP contribution in [0.15, 0.2) is 36.4 Å². The van der Waals surface area contributed by atoms with Crippen LogP contribution in [0.25, 0.3) is 0 Å². The van der Waals surface area contributed by atoms with Crippen LogP contribution in [0.4, 0.5) is 0 Å². The SMILES string of the molecule is CCOc1ccc([C@H](C(=O)O)N2CC[C@@H](OCCCCc3ccc4c(n3)CCCC4)C2)cc1. The normalized spacial score (nSPS) is 19.2. The molecule has 6 nitrogen and oxygen atoms in total. The maximum Gasteiger partial charge on any atom is 0.325 e. The average Bonchev–Trinajstić information content (AvgIpc) is 3.28. The average molecular weight is 453 g/mol. The number of likely N-dealkylation sites (tertiary alicyclic amines) is 1. The van der Waals surface area contributed by atoms with Gasteiger partial charge in [-0.3, -0.25) is 14.7 Å². The monoisotopic (exact) mass is 452 g/mol. The van der Waals surface area contributed by atoms with Gasteiger partial charge in [-0.15, -0.1) is 0 Å². The minimum Gasteiger partial charge on any atom is -0.494 e. The first-order valence-electron chi connectivity index (χ1n) is 12.4. The number of unbranched alkanes of at least 4 members (excludes halogenated alkanes) is 1. The number of rotatable bonds is 11. The number of pyridine rings is 1. The van der Waals surface area contributed by atoms with Gasteiger partial charge in [0.2, 0.25) is 0 Å². The van der Waals surface area contributed by atoms with Crippen molar-refractivity contribution >= 4 is 5.97 Å². The smallest absolute Gasteiger partial charge is 0.325 e. The minimum atomic E-state index is -0.822. The minimum absolute atomic E-state index is 0.0939. The molecule has 0 saturated carbocycles. The van der Waals surface area contributed by atoms with Crippen LogP contribution in [-0.4, -0.2) is 53.4 Å². The van der Waals surface area contributed by atoms with Crippen molar-refractivity contribution in [2.75, 3.05) is 26.3 Å². The standard InChI is InChI=1S/C27H36N2O4/c1-2-32-23-14-11-21(12-15-23)26(27(30)31)29-17-16-24(19-29)33-18-6-5-8-22-13-10-20-7-3-4-9-25(20)28-22/h10-15,24,26H,2-9,16-19H2,1H3,(H,30,31)/t24-,26-/m1/s1. The Bertz CT molecular complexity index is 915. The van der Waals surface area contributed by atoms with E-state index in [9.17, 15) is 9.90 Å². The first-order valence-corrected chi connectivity index (χ1v) is 12.4. The topological polar surface area (TPSA) is 71.9 Å². The third kappa shape index (κ3) is 6.33. The van der Waals surface area contributed by atoms with E-state index in [0.717, 1.165) is 50.0 Å². The van der Waals surface area contributed by atoms with Gasteiger partial charge < -0.3 is 14.6 Å². The fourth-order valence-corrected chi connectivity index (χ4v) is 4.97. The van der Waals surface area contributed by atoms with Crippen molar-refractivity contribution in [3.63, 3.8) is 0 Å². The quantitative estimate of drug-likeness (QED) is 0.503. The number of carboxylic acids is 1. The van der Waals surface area contributed by atoms with Crippen LogP contribution in [0.3, 0.4) is 0 Å². The third-order valence-corrected chi connectivity index (χ3v) is 6.70. The van der Waals surface area contributed by atoms with Crippen LogP contribution in [0, 0.1) is 0 Å². The number of nitrogens with zero attached hydrogens (tertiary/aromatic N) is 2. The van der Waals surface area contributed by atoms with Gasteiger partial charge in [0.1, 0.15) is 11.8 Å². The fourth-order valence-electron chi connectivity index (χ4n) is 4.97. The highest BCUT2D eigenvalue weighted by Crippen LogP contribution is 2.28. The summed E-state index contributed by atoms with van der Waals surface area (Å²) in [6.07, 6.45) is 8.86. The summed E-state index contributed by atoms with van der Waals surface area (Å²) in [5.74, 6) is -0.0593. The Morgan fingerprint density at radius 2 is 1.97 bits per heavy atom. The van der Waals surface area contributed by atoms with E-state index in [1.807, 2.05) is 36.1 Å². The predicted molar refractivity (Wildman–Crippen MR) is 128 cm³/mol. The number of carboxylic acid groups (broad SMARTS) is 1. The van der Waals surface area contributed by atoms with E-state index < -0.39 is 12.0 Å². The molecule has 178 valence electrons. The Balaban J connectivity index is 1.20. The molecular formula is C27H36N2O4. The molecule has 4 rings (SSSR count). The van der Waals surface area contributed by atoms with Crippen LogP contribution < -0.4 is 4.74 Å². The molecule has 0 radical (unpaired) electrons. The van der Waals surface area contributed by atoms with Crippen molar-refractivity contribution in [2.45, 2.75) is 70.4 Å². The van der Waals surface area contributed by atoms with E-state index in [0.29, 0.717) is 19.8 Å². The number of carbonyl (C=O) groups is 1. The number of fused-ring (bicyclic) bond motifs is 1. The molecule has 6 heteroatoms. The summed E-state index contributed by atoms with van der Waals surface area (Å²) in [6.45, 7) is 4.62. The van der Waals surface area contributed by atoms with E-state index >= 15 is 0 Å². The van der Waals surface area contributed by atoms with Gasteiger partial charge in [0.15, 0.2) is 0 Å². The molecule has 1 aromatic carbocycles. The molecule has 2 aliphatic rings. The highest BCUT2D eigenvalue weighted by atomic mass is 16.5. The van der Waals surface area contributed by atoms with Gasteiger partial charge in [0.25, 0.3) is 0 Å². The second-order valence-corrected chi connectivity index (χ2v) is 9.09. The number of aryl methyl sites for hydroxylation is 3. The molecule has 2 atom stereocenters. The number of ether oxygens (including phenoxy) is 2. The zero-order valence-corrected chi connectivity index (χ0v) is 19.7. The number of hydrogen-bond acceptors (Lipinski definition) is 5. The van der Waals surface area contributed by atoms with E-state index in [4.69, 9.17) is 14.5 Å². The number of aromatic nitrogens is 1. The van der Waals surface area contributed by atoms with E-state index in [2.05, 4.69) is 12.1 Å². The summed E-state index contributed by atoms with van der Waals surface area (Å²) in [7, 11) is 0. The third-order valence-electron chi connectivity index (χ3n) is 6.70. The number of aliphatic carboxylic acids is 1. The van der Waals surface area contributed by atoms with E-state index in [-0.39, 0.29) is 6.10 Å². The predicted octanol–water partition coefficient (Wildman–Crippen LogP) is 4.60. The summed E-state index contributed by atoms with van der Waals surface area (Å²) in [4.78, 5) is 18.9. The van der Waals surface area contributed by atoms with Gasteiger partial charge in [-0.05, 0) is 87.6 Å². The maximum absolute atomic E-state index is 12.0. The van der Waals surface area contributed by atoms with Crippen molar-refractivity contribution in [1.29, 1.82) is 0 Å². The van der Waals surface area contributed by atoms with Gasteiger partial charge in [0, 0.05) is 31.1 Å². The number of hydrogen-bond donors (Lipinski definition) is 1. The van der Waals surface area contributed by atoms with Crippen LogP contribution in [0.2, 0.25) is 0 Å². The molecule has 1 aromatic heterocycles. The molecule has 1 fully saturated rings. The molecule has 1 saturated heterocycles. The van der Waals surface area contributed by atoms with Crippen LogP contribution >= 0.6 is 0 Å². The Hall–Kier alpha value is -2.44. The molecule has 1 aliphatic heterocycles. The van der Waals surface area contributed by atoms with Gasteiger partial charge >= 0.3 is 5.97 Å². The summed E-state index contributed by atoms with van der Waals surface area (Å²) in [6, 6.07) is 11.2. The van der Waals surface area contributed by atoms with Crippen LogP contribution in [0.1, 0.15) is 67.6 Å². The van der Waals surface area contributed by atoms with Gasteiger partial charge in [-0.25, -0.2) is 0 Å². The summed E-state index contributed by atoms with van der Waals surface area (Å²) in [5.41, 5.74) is 4.72. The molecule has 2 heterocycles. The van der Waals surface area contributed by atoms with Gasteiger partial charge in [-0.1, -0.05) is 18.2 Å². The summed E-state index contributed by atoms with van der Waals surface area (Å²) in [5, 5.41) is 9.85. The molecule has 0 amide bonds. The van der Waals surface area contributed by atoms with Crippen molar-refractivity contribution < 1.29 is 19.4 Å². The Kier molecular flexibility index (Phi) is 8.35. The van der Waals surface area contributed by atoms with Crippen molar-refractivity contribution in [2.24, 2.45) is 0 Å². The summed E-state index contributed by atoms with van der Waals surface area (Å²) >= 11 is 0. The molecule has 0 spiro atoms. The first-order chi connectivity index (χ1) is 16.1. The lowest BCUT2D eigenvalue weighted by Crippen LogP contribution is -2.33. The lowest BCUT2D eigenvalue weighted by atomic mass is 9.95. The van der Waals surface area contributed by atoms with Crippen molar-refractivity contribution in [1.82, 2.24) is 9.88 Å². The molecule has 1 N–H and O–H groups in total. The molecule has 33 heavy (non-hydrogen) atoms. The highest BCUT2D eigenvalue weighted by Gasteiger charge is 2.34. The summed E-state index contributed by atoms with van der Waals surface area (Å²) < 4.78 is 11.6. The van der Waals surface area contributed by atoms with Gasteiger partial charge in [-0.2, -0.15) is 0 Å². The molecule has 0 unspecified atom stereocenters. The Morgan fingerprint density at radius 1 is 1.15 bits per heavy atom. The first kappa shape index (κ1) is 23.7. The van der Waals surface area contributed by atoms with Crippen molar-refractivity contribution in [3.8, 4) is 5.75 Å². The lowest BCUT2D eigenvalue weighted by molar-refractivity contribution is -0.143. The Labute approximate surface area is 196 Å². The lowest BCUT2D eigenvalue weighted by Gasteiger charge is -2.24. The molecule has 1 aliphatic carbocycles. The zero-order valence-electron chi connectivity index (χ0n) is 19.7. The second-order valence-electron chi connectivity index (χ2n) is 9.09. The maximum atomic E-state index is 12.0. The van der Waals surface area contributed by atoms with Crippen LogP contribution in [-0.2, 0) is 28.8 Å². The zero-order chi connectivity index (χ0) is 23.0. The van der Waals surface area contributed by atoms with Crippen LogP contribution in [0.5, 0.6) is 5.75 Å². The number of benzene rings is 1. The largest absolute Gasteiger partial charge is 0.494 e. The highest BCUT2D eigenvalue weighted by molar-refractivity contribution is 5.75. The van der Waals surface area contributed by atoms with E-state index in [1.54, 1.807) is 0 Å². The van der Waals surface area contributed by atoms with Crippen molar-refractivity contribution in [3.05, 3.63) is 58.9 Å². The second kappa shape index (κ2) is 11.6. The molecule has 0 bridgehead atoms. The van der Waals surface area contributed by atoms with E-state index in [1.165, 1.54) is 36.2 Å². The van der Waals surface area contributed by atoms with Gasteiger partial charge in [0.05, 0.1) is 12.7 Å².